The second-order valence-corrected chi connectivity index (χ2v) is 3.63. The molecule has 0 saturated carbocycles. The molecule has 2 N–H and O–H groups in total. The van der Waals surface area contributed by atoms with Crippen LogP contribution in [0.5, 0.6) is 11.5 Å². The molecule has 0 heterocycles. The Balaban J connectivity index is 2.86. The van der Waals surface area contributed by atoms with E-state index >= 15 is 0 Å². The number of hydrogen-bond donors (Lipinski definition) is 3. The maximum atomic E-state index is 11.2. The third kappa shape index (κ3) is 3.83. The summed E-state index contributed by atoms with van der Waals surface area (Å²) in [5, 5.41) is 2.33. The first-order valence-electron chi connectivity index (χ1n) is 4.51. The minimum absolute atomic E-state index is 0.336. The van der Waals surface area contributed by atoms with Gasteiger partial charge in [-0.05, 0) is 12.1 Å². The Labute approximate surface area is 99.8 Å². The van der Waals surface area contributed by atoms with E-state index in [1.54, 1.807) is 16.9 Å². The highest BCUT2D eigenvalue weighted by atomic mass is 32.2. The summed E-state index contributed by atoms with van der Waals surface area (Å²) < 4.78 is 32.2. The normalized spacial score (nSPS) is 9.82. The largest absolute Gasteiger partial charge is 0.497 e. The Morgan fingerprint density at radius 1 is 1.24 bits per heavy atom. The summed E-state index contributed by atoms with van der Waals surface area (Å²) in [6, 6.07) is 3.85. The predicted octanol–water partition coefficient (Wildman–Crippen LogP) is 0.352. The van der Waals surface area contributed by atoms with Crippen molar-refractivity contribution in [2.24, 2.45) is 0 Å². The predicted molar refractivity (Wildman–Crippen MR) is 62.0 cm³/mol. The van der Waals surface area contributed by atoms with E-state index in [1.807, 2.05) is 0 Å². The molecule has 0 fully saturated rings. The maximum Gasteiger partial charge on any atom is 0.332 e. The first-order valence-corrected chi connectivity index (χ1v) is 5.68. The molecular formula is C9H12N2O5S. The van der Waals surface area contributed by atoms with E-state index in [4.69, 9.17) is 9.47 Å². The van der Waals surface area contributed by atoms with Crippen LogP contribution in [0.2, 0.25) is 0 Å². The van der Waals surface area contributed by atoms with Gasteiger partial charge >= 0.3 is 6.03 Å². The highest BCUT2D eigenvalue weighted by Crippen LogP contribution is 2.28. The molecule has 7 nitrogen and oxygen atoms in total. The lowest BCUT2D eigenvalue weighted by molar-refractivity contribution is 0.256. The first kappa shape index (κ1) is 13.1. The number of hydrogen-bond acceptors (Lipinski definition) is 5. The summed E-state index contributed by atoms with van der Waals surface area (Å²) in [5.41, 5.74) is 0.336. The fourth-order valence-electron chi connectivity index (χ4n) is 1.13. The van der Waals surface area contributed by atoms with Gasteiger partial charge in [-0.3, -0.25) is 0 Å². The number of carbonyl (C=O) groups is 1. The van der Waals surface area contributed by atoms with Crippen molar-refractivity contribution in [2.75, 3.05) is 19.5 Å². The number of urea groups is 1. The van der Waals surface area contributed by atoms with Crippen LogP contribution in [0, 0.1) is 0 Å². The number of amides is 2. The maximum absolute atomic E-state index is 11.2. The van der Waals surface area contributed by atoms with E-state index in [-0.39, 0.29) is 0 Å². The van der Waals surface area contributed by atoms with Gasteiger partial charge in [0.15, 0.2) is 0 Å². The van der Waals surface area contributed by atoms with Gasteiger partial charge in [0.25, 0.3) is 0 Å². The van der Waals surface area contributed by atoms with Gasteiger partial charge in [-0.15, -0.1) is 0 Å². The molecule has 0 aromatic heterocycles. The second-order valence-electron chi connectivity index (χ2n) is 2.89. The second kappa shape index (κ2) is 5.94. The standard InChI is InChI=1S/C9H12N2O5S/c1-15-6-3-4-7(8(5-6)16-2)10-9(12)11-17(13)14/h3-5,17H,1-2H3,(H2,10,11,12,13,14). The average molecular weight is 260 g/mol. The number of benzene rings is 1. The quantitative estimate of drug-likeness (QED) is 0.679. The summed E-state index contributed by atoms with van der Waals surface area (Å²) in [6.45, 7) is 0. The molecule has 0 radical (unpaired) electrons. The molecule has 0 aliphatic rings. The van der Waals surface area contributed by atoms with Crippen LogP contribution in [0.1, 0.15) is 0 Å². The summed E-state index contributed by atoms with van der Waals surface area (Å²) >= 11 is 0. The SMILES string of the molecule is COc1ccc(NC(=O)N[SH](=O)=O)c(OC)c1. The molecule has 94 valence electrons. The minimum Gasteiger partial charge on any atom is -0.497 e. The number of ether oxygens (including phenoxy) is 2. The number of carbonyl (C=O) groups excluding carboxylic acids is 1. The van der Waals surface area contributed by atoms with Crippen LogP contribution in [-0.4, -0.2) is 28.7 Å². The van der Waals surface area contributed by atoms with Crippen molar-refractivity contribution in [1.29, 1.82) is 0 Å². The first-order chi connectivity index (χ1) is 8.06. The van der Waals surface area contributed by atoms with Gasteiger partial charge in [0, 0.05) is 6.07 Å². The van der Waals surface area contributed by atoms with Gasteiger partial charge in [-0.1, -0.05) is 0 Å². The van der Waals surface area contributed by atoms with Crippen molar-refractivity contribution in [3.63, 3.8) is 0 Å². The number of thiol groups is 1. The van der Waals surface area contributed by atoms with Gasteiger partial charge in [0.05, 0.1) is 19.9 Å². The van der Waals surface area contributed by atoms with Crippen molar-refractivity contribution in [3.05, 3.63) is 18.2 Å². The molecule has 17 heavy (non-hydrogen) atoms. The lowest BCUT2D eigenvalue weighted by atomic mass is 10.2. The molecule has 0 aliphatic carbocycles. The van der Waals surface area contributed by atoms with Crippen LogP contribution in [0.25, 0.3) is 0 Å². The third-order valence-electron chi connectivity index (χ3n) is 1.85. The van der Waals surface area contributed by atoms with Crippen LogP contribution >= 0.6 is 0 Å². The third-order valence-corrected chi connectivity index (χ3v) is 2.24. The molecule has 1 aromatic carbocycles. The Morgan fingerprint density at radius 3 is 2.47 bits per heavy atom. The van der Waals surface area contributed by atoms with Gasteiger partial charge in [-0.2, -0.15) is 0 Å². The molecule has 1 rings (SSSR count). The lowest BCUT2D eigenvalue weighted by Crippen LogP contribution is -2.27. The van der Waals surface area contributed by atoms with E-state index in [0.717, 1.165) is 0 Å². The number of anilines is 1. The summed E-state index contributed by atoms with van der Waals surface area (Å²) in [6.07, 6.45) is 0. The Kier molecular flexibility index (Phi) is 4.58. The van der Waals surface area contributed by atoms with Gasteiger partial charge in [-0.25, -0.2) is 17.9 Å². The monoisotopic (exact) mass is 260 g/mol. The Hall–Kier alpha value is -1.96. The highest BCUT2D eigenvalue weighted by molar-refractivity contribution is 7.71. The van der Waals surface area contributed by atoms with Crippen molar-refractivity contribution in [1.82, 2.24) is 4.72 Å². The van der Waals surface area contributed by atoms with E-state index < -0.39 is 16.9 Å². The number of rotatable bonds is 4. The van der Waals surface area contributed by atoms with Gasteiger partial charge < -0.3 is 14.8 Å². The zero-order chi connectivity index (χ0) is 12.8. The van der Waals surface area contributed by atoms with Gasteiger partial charge in [0.2, 0.25) is 10.9 Å². The molecule has 0 saturated heterocycles. The molecule has 0 spiro atoms. The van der Waals surface area contributed by atoms with Gasteiger partial charge in [0.1, 0.15) is 11.5 Å². The molecule has 1 aromatic rings. The molecule has 0 bridgehead atoms. The zero-order valence-electron chi connectivity index (χ0n) is 9.22. The summed E-state index contributed by atoms with van der Waals surface area (Å²) in [5.74, 6) is 0.920. The fraction of sp³-hybridized carbons (Fsp3) is 0.222. The molecule has 8 heteroatoms. The van der Waals surface area contributed by atoms with E-state index in [1.165, 1.54) is 20.3 Å². The topological polar surface area (TPSA) is 93.7 Å². The highest BCUT2D eigenvalue weighted by Gasteiger charge is 2.08. The molecule has 0 aliphatic heterocycles. The van der Waals surface area contributed by atoms with Crippen LogP contribution in [0.15, 0.2) is 18.2 Å². The van der Waals surface area contributed by atoms with Crippen LogP contribution in [0.3, 0.4) is 0 Å². The molecule has 0 unspecified atom stereocenters. The van der Waals surface area contributed by atoms with Crippen LogP contribution in [-0.2, 0) is 10.9 Å². The number of methoxy groups -OCH3 is 2. The summed E-state index contributed by atoms with van der Waals surface area (Å²) in [7, 11) is -0.0676. The smallest absolute Gasteiger partial charge is 0.332 e. The molecule has 2 amide bonds. The molecule has 0 atom stereocenters. The fourth-order valence-corrected chi connectivity index (χ4v) is 1.36. The van der Waals surface area contributed by atoms with Crippen molar-refractivity contribution in [3.8, 4) is 11.5 Å². The van der Waals surface area contributed by atoms with E-state index in [9.17, 15) is 13.2 Å². The van der Waals surface area contributed by atoms with Crippen molar-refractivity contribution in [2.45, 2.75) is 0 Å². The Bertz CT molecular complexity index is 478. The molecular weight excluding hydrogens is 248 g/mol. The van der Waals surface area contributed by atoms with Crippen LogP contribution < -0.4 is 19.5 Å². The lowest BCUT2D eigenvalue weighted by Gasteiger charge is -2.10. The van der Waals surface area contributed by atoms with E-state index in [0.29, 0.717) is 17.2 Å². The summed E-state index contributed by atoms with van der Waals surface area (Å²) in [4.78, 5) is 11.2. The zero-order valence-corrected chi connectivity index (χ0v) is 10.1. The van der Waals surface area contributed by atoms with Crippen molar-refractivity contribution >= 4 is 22.6 Å². The minimum atomic E-state index is -2.99. The average Bonchev–Trinajstić information content (AvgIpc) is 2.28. The number of nitrogens with one attached hydrogen (secondary N) is 2. The van der Waals surface area contributed by atoms with Crippen molar-refractivity contribution < 1.29 is 22.7 Å². The van der Waals surface area contributed by atoms with Crippen LogP contribution in [0.4, 0.5) is 10.5 Å². The van der Waals surface area contributed by atoms with E-state index in [2.05, 4.69) is 5.32 Å². The Morgan fingerprint density at radius 2 is 1.94 bits per heavy atom.